The zero-order chi connectivity index (χ0) is 26.1. The summed E-state index contributed by atoms with van der Waals surface area (Å²) in [7, 11) is 1.63. The first-order chi connectivity index (χ1) is 17.3. The van der Waals surface area contributed by atoms with Crippen LogP contribution in [0.15, 0.2) is 72.8 Å². The fourth-order valence-corrected chi connectivity index (χ4v) is 4.20. The molecular weight excluding hydrogens is 448 g/mol. The van der Waals surface area contributed by atoms with Crippen molar-refractivity contribution in [2.24, 2.45) is 5.92 Å². The fraction of sp³-hybridized carbons (Fsp3) is 0.355. The van der Waals surface area contributed by atoms with Gasteiger partial charge in [0.05, 0.1) is 13.5 Å². The minimum Gasteiger partial charge on any atom is -0.497 e. The van der Waals surface area contributed by atoms with E-state index in [9.17, 15) is 9.59 Å². The van der Waals surface area contributed by atoms with Crippen LogP contribution >= 0.6 is 0 Å². The minimum absolute atomic E-state index is 0.0767. The smallest absolute Gasteiger partial charge is 0.243 e. The van der Waals surface area contributed by atoms with E-state index in [0.29, 0.717) is 25.4 Å². The highest BCUT2D eigenvalue weighted by atomic mass is 16.5. The van der Waals surface area contributed by atoms with Crippen LogP contribution in [0.2, 0.25) is 0 Å². The number of ether oxygens (including phenoxy) is 1. The summed E-state index contributed by atoms with van der Waals surface area (Å²) in [6.07, 6.45) is 0.674. The molecule has 5 heteroatoms. The summed E-state index contributed by atoms with van der Waals surface area (Å²) in [6, 6.07) is 23.1. The molecule has 2 amide bonds. The maximum absolute atomic E-state index is 13.9. The van der Waals surface area contributed by atoms with Crippen LogP contribution < -0.4 is 10.1 Å². The van der Waals surface area contributed by atoms with Crippen LogP contribution in [0.25, 0.3) is 0 Å². The fourth-order valence-electron chi connectivity index (χ4n) is 4.20. The molecule has 3 aromatic rings. The Labute approximate surface area is 215 Å². The summed E-state index contributed by atoms with van der Waals surface area (Å²) < 4.78 is 5.41. The SMILES string of the molecule is COc1cccc(CN(C(=O)Cc2cc(C)ccc2C)[C@@H](Cc2ccccc2)C(=O)NCC(C)C)c1. The Morgan fingerprint density at radius 2 is 1.64 bits per heavy atom. The first kappa shape index (κ1) is 27.0. The van der Waals surface area contributed by atoms with Crippen molar-refractivity contribution in [1.82, 2.24) is 10.2 Å². The highest BCUT2D eigenvalue weighted by Crippen LogP contribution is 2.20. The molecule has 190 valence electrons. The number of hydrogen-bond donors (Lipinski definition) is 1. The summed E-state index contributed by atoms with van der Waals surface area (Å²) in [5.74, 6) is 0.819. The Hall–Kier alpha value is -3.60. The summed E-state index contributed by atoms with van der Waals surface area (Å²) in [5, 5.41) is 3.07. The molecule has 0 aliphatic carbocycles. The Balaban J connectivity index is 2.00. The van der Waals surface area contributed by atoms with Gasteiger partial charge in [-0.25, -0.2) is 0 Å². The highest BCUT2D eigenvalue weighted by Gasteiger charge is 2.30. The van der Waals surface area contributed by atoms with E-state index in [2.05, 4.69) is 31.3 Å². The molecule has 1 atom stereocenters. The second-order valence-electron chi connectivity index (χ2n) is 9.82. The molecule has 0 heterocycles. The largest absolute Gasteiger partial charge is 0.497 e. The molecule has 0 aromatic heterocycles. The first-order valence-electron chi connectivity index (χ1n) is 12.6. The van der Waals surface area contributed by atoms with Crippen molar-refractivity contribution in [3.8, 4) is 5.75 Å². The van der Waals surface area contributed by atoms with Gasteiger partial charge in [0.25, 0.3) is 0 Å². The van der Waals surface area contributed by atoms with Crippen LogP contribution in [0, 0.1) is 19.8 Å². The second kappa shape index (κ2) is 12.9. The molecule has 0 unspecified atom stereocenters. The molecule has 0 saturated heterocycles. The second-order valence-corrected chi connectivity index (χ2v) is 9.82. The number of nitrogens with one attached hydrogen (secondary N) is 1. The number of carbonyl (C=O) groups is 2. The molecule has 0 radical (unpaired) electrons. The van der Waals surface area contributed by atoms with Crippen LogP contribution in [-0.4, -0.2) is 36.4 Å². The normalized spacial score (nSPS) is 11.7. The molecule has 0 bridgehead atoms. The van der Waals surface area contributed by atoms with E-state index in [1.807, 2.05) is 74.5 Å². The zero-order valence-corrected chi connectivity index (χ0v) is 22.1. The Morgan fingerprint density at radius 3 is 2.33 bits per heavy atom. The monoisotopic (exact) mass is 486 g/mol. The Morgan fingerprint density at radius 1 is 0.917 bits per heavy atom. The number of benzene rings is 3. The number of rotatable bonds is 11. The van der Waals surface area contributed by atoms with Gasteiger partial charge in [0.2, 0.25) is 11.8 Å². The van der Waals surface area contributed by atoms with Gasteiger partial charge in [0.15, 0.2) is 0 Å². The molecule has 1 N–H and O–H groups in total. The Kier molecular flexibility index (Phi) is 9.69. The lowest BCUT2D eigenvalue weighted by atomic mass is 9.99. The van der Waals surface area contributed by atoms with Crippen molar-refractivity contribution in [2.45, 2.75) is 53.1 Å². The topological polar surface area (TPSA) is 58.6 Å². The molecule has 5 nitrogen and oxygen atoms in total. The van der Waals surface area contributed by atoms with Crippen LogP contribution in [0.3, 0.4) is 0 Å². The summed E-state index contributed by atoms with van der Waals surface area (Å²) in [6.45, 7) is 9.04. The van der Waals surface area contributed by atoms with Crippen molar-refractivity contribution < 1.29 is 14.3 Å². The van der Waals surface area contributed by atoms with Gasteiger partial charge in [-0.2, -0.15) is 0 Å². The van der Waals surface area contributed by atoms with Crippen LogP contribution in [0.1, 0.15) is 41.7 Å². The summed E-state index contributed by atoms with van der Waals surface area (Å²) in [4.78, 5) is 29.2. The van der Waals surface area contributed by atoms with Gasteiger partial charge in [-0.05, 0) is 54.2 Å². The molecule has 0 spiro atoms. The van der Waals surface area contributed by atoms with E-state index in [-0.39, 0.29) is 18.2 Å². The van der Waals surface area contributed by atoms with Gasteiger partial charge in [-0.1, -0.05) is 80.1 Å². The molecule has 0 fully saturated rings. The lowest BCUT2D eigenvalue weighted by Gasteiger charge is -2.32. The van der Waals surface area contributed by atoms with Gasteiger partial charge >= 0.3 is 0 Å². The standard InChI is InChI=1S/C31H38N2O3/c1-22(2)20-32-31(35)29(18-25-10-7-6-8-11-25)33(21-26-12-9-13-28(17-26)36-5)30(34)19-27-16-23(3)14-15-24(27)4/h6-17,22,29H,18-21H2,1-5H3,(H,32,35)/t29-/m0/s1. The van der Waals surface area contributed by atoms with Crippen molar-refractivity contribution in [3.63, 3.8) is 0 Å². The third-order valence-electron chi connectivity index (χ3n) is 6.29. The predicted molar refractivity (Wildman–Crippen MR) is 145 cm³/mol. The van der Waals surface area contributed by atoms with E-state index in [0.717, 1.165) is 33.6 Å². The lowest BCUT2D eigenvalue weighted by molar-refractivity contribution is -0.140. The van der Waals surface area contributed by atoms with Crippen molar-refractivity contribution in [2.75, 3.05) is 13.7 Å². The van der Waals surface area contributed by atoms with Crippen LogP contribution in [0.5, 0.6) is 5.75 Å². The van der Waals surface area contributed by atoms with E-state index >= 15 is 0 Å². The minimum atomic E-state index is -0.644. The molecule has 3 rings (SSSR count). The van der Waals surface area contributed by atoms with Crippen molar-refractivity contribution in [1.29, 1.82) is 0 Å². The van der Waals surface area contributed by atoms with E-state index in [4.69, 9.17) is 4.74 Å². The number of carbonyl (C=O) groups excluding carboxylic acids is 2. The van der Waals surface area contributed by atoms with E-state index in [1.54, 1.807) is 12.0 Å². The molecular formula is C31H38N2O3. The number of methoxy groups -OCH3 is 1. The van der Waals surface area contributed by atoms with Crippen molar-refractivity contribution >= 4 is 11.8 Å². The maximum atomic E-state index is 13.9. The predicted octanol–water partition coefficient (Wildman–Crippen LogP) is 5.27. The van der Waals surface area contributed by atoms with Crippen molar-refractivity contribution in [3.05, 3.63) is 101 Å². The molecule has 3 aromatic carbocycles. The molecule has 0 saturated carbocycles. The molecule has 0 aliphatic rings. The first-order valence-corrected chi connectivity index (χ1v) is 12.6. The van der Waals surface area contributed by atoms with E-state index < -0.39 is 6.04 Å². The average molecular weight is 487 g/mol. The summed E-state index contributed by atoms with van der Waals surface area (Å²) >= 11 is 0. The van der Waals surface area contributed by atoms with Gasteiger partial charge in [0.1, 0.15) is 11.8 Å². The lowest BCUT2D eigenvalue weighted by Crippen LogP contribution is -2.51. The Bertz CT molecular complexity index is 1160. The van der Waals surface area contributed by atoms with E-state index in [1.165, 1.54) is 0 Å². The number of aryl methyl sites for hydroxylation is 2. The van der Waals surface area contributed by atoms with Gasteiger partial charge < -0.3 is 15.0 Å². The quantitative estimate of drug-likeness (QED) is 0.402. The number of hydrogen-bond acceptors (Lipinski definition) is 3. The third kappa shape index (κ3) is 7.70. The molecule has 0 aliphatic heterocycles. The maximum Gasteiger partial charge on any atom is 0.243 e. The van der Waals surface area contributed by atoms with Gasteiger partial charge in [0, 0.05) is 19.5 Å². The average Bonchev–Trinajstić information content (AvgIpc) is 2.87. The van der Waals surface area contributed by atoms with Crippen LogP contribution in [0.4, 0.5) is 0 Å². The third-order valence-corrected chi connectivity index (χ3v) is 6.29. The van der Waals surface area contributed by atoms with Crippen LogP contribution in [-0.2, 0) is 29.0 Å². The van der Waals surface area contributed by atoms with Gasteiger partial charge in [-0.15, -0.1) is 0 Å². The number of amides is 2. The van der Waals surface area contributed by atoms with Gasteiger partial charge in [-0.3, -0.25) is 9.59 Å². The summed E-state index contributed by atoms with van der Waals surface area (Å²) in [5.41, 5.74) is 5.09. The number of nitrogens with zero attached hydrogens (tertiary/aromatic N) is 1. The highest BCUT2D eigenvalue weighted by molar-refractivity contribution is 5.89. The zero-order valence-electron chi connectivity index (χ0n) is 22.1. The molecule has 36 heavy (non-hydrogen) atoms.